The molecule has 0 aliphatic rings. The first-order valence-corrected chi connectivity index (χ1v) is 11.0. The number of carbonyl (C=O) groups excluding carboxylic acids is 1. The van der Waals surface area contributed by atoms with Gasteiger partial charge in [0.25, 0.3) is 7.52 Å². The first-order chi connectivity index (χ1) is 13.1. The topological polar surface area (TPSA) is 132 Å². The Kier molecular flexibility index (Phi) is 7.69. The zero-order valence-corrected chi connectivity index (χ0v) is 17.3. The van der Waals surface area contributed by atoms with Gasteiger partial charge in [-0.25, -0.2) is 9.88 Å². The second-order valence-corrected chi connectivity index (χ2v) is 9.08. The fraction of sp³-hybridized carbons (Fsp3) is 0.294. The first kappa shape index (κ1) is 22.5. The van der Waals surface area contributed by atoms with Gasteiger partial charge in [-0.2, -0.15) is 0 Å². The Morgan fingerprint density at radius 1 is 1.25 bits per heavy atom. The molecule has 1 aromatic carbocycles. The molecule has 28 heavy (non-hydrogen) atoms. The van der Waals surface area contributed by atoms with Crippen molar-refractivity contribution in [2.24, 2.45) is 0 Å². The second-order valence-electron chi connectivity index (χ2n) is 6.16. The minimum atomic E-state index is -3.75. The fourth-order valence-corrected chi connectivity index (χ4v) is 4.28. The van der Waals surface area contributed by atoms with Gasteiger partial charge in [-0.15, -0.1) is 0 Å². The Morgan fingerprint density at radius 3 is 2.54 bits per heavy atom. The van der Waals surface area contributed by atoms with Crippen LogP contribution in [0.15, 0.2) is 30.5 Å². The van der Waals surface area contributed by atoms with Crippen LogP contribution in [0, 0.1) is 0 Å². The molecule has 0 radical (unpaired) electrons. The number of carboxylic acid groups (broad SMARTS) is 1. The number of carbonyl (C=O) groups is 2. The number of hydrogen-bond acceptors (Lipinski definition) is 3. The van der Waals surface area contributed by atoms with Crippen LogP contribution >= 0.6 is 30.7 Å². The number of carboxylic acids is 1. The zero-order valence-electron chi connectivity index (χ0n) is 14.9. The Balaban J connectivity index is 2.22. The number of rotatable bonds is 9. The number of benzene rings is 1. The van der Waals surface area contributed by atoms with Crippen LogP contribution in [0.2, 0.25) is 10.0 Å². The van der Waals surface area contributed by atoms with E-state index >= 15 is 0 Å². The lowest BCUT2D eigenvalue weighted by Crippen LogP contribution is -2.40. The highest BCUT2D eigenvalue weighted by atomic mass is 35.5. The summed E-state index contributed by atoms with van der Waals surface area (Å²) in [6.45, 7) is 1.76. The predicted molar refractivity (Wildman–Crippen MR) is 108 cm³/mol. The van der Waals surface area contributed by atoms with E-state index in [2.05, 4.69) is 15.4 Å². The van der Waals surface area contributed by atoms with Crippen LogP contribution in [0.1, 0.15) is 29.4 Å². The monoisotopic (exact) mass is 447 g/mol. The average Bonchev–Trinajstić information content (AvgIpc) is 3.06. The molecule has 8 nitrogen and oxygen atoms in total. The lowest BCUT2D eigenvalue weighted by atomic mass is 10.1. The maximum absolute atomic E-state index is 12.7. The maximum Gasteiger partial charge on any atom is 0.352 e. The van der Waals surface area contributed by atoms with Gasteiger partial charge in [-0.1, -0.05) is 36.2 Å². The predicted octanol–water partition coefficient (Wildman–Crippen LogP) is 3.75. The highest BCUT2D eigenvalue weighted by Gasteiger charge is 2.28. The third-order valence-electron chi connectivity index (χ3n) is 3.81. The van der Waals surface area contributed by atoms with E-state index in [-0.39, 0.29) is 24.0 Å². The zero-order chi connectivity index (χ0) is 20.9. The number of nitrogens with one attached hydrogen (secondary N) is 3. The molecule has 2 aromatic rings. The van der Waals surface area contributed by atoms with Gasteiger partial charge in [0.05, 0.1) is 21.8 Å². The number of H-pyrrole nitrogens is 1. The molecule has 2 unspecified atom stereocenters. The van der Waals surface area contributed by atoms with Crippen LogP contribution in [0.5, 0.6) is 0 Å². The molecule has 2 rings (SSSR count). The molecule has 0 aliphatic carbocycles. The number of halogens is 2. The quantitative estimate of drug-likeness (QED) is 0.372. The molecule has 0 spiro atoms. The molecule has 0 aliphatic heterocycles. The van der Waals surface area contributed by atoms with Crippen molar-refractivity contribution in [2.75, 3.05) is 11.5 Å². The molecule has 11 heteroatoms. The van der Waals surface area contributed by atoms with Gasteiger partial charge in [0, 0.05) is 12.4 Å². The molecule has 2 atom stereocenters. The van der Waals surface area contributed by atoms with E-state index in [9.17, 15) is 19.0 Å². The van der Waals surface area contributed by atoms with Crippen molar-refractivity contribution < 1.29 is 24.2 Å². The largest absolute Gasteiger partial charge is 0.477 e. The smallest absolute Gasteiger partial charge is 0.352 e. The number of aromatic carboxylic acids is 1. The van der Waals surface area contributed by atoms with Crippen LogP contribution in [0.3, 0.4) is 0 Å². The van der Waals surface area contributed by atoms with Gasteiger partial charge < -0.3 is 20.3 Å². The summed E-state index contributed by atoms with van der Waals surface area (Å²) < 4.78 is 12.3. The van der Waals surface area contributed by atoms with E-state index in [4.69, 9.17) is 28.3 Å². The van der Waals surface area contributed by atoms with E-state index in [1.165, 1.54) is 12.3 Å². The highest BCUT2D eigenvalue weighted by Crippen LogP contribution is 2.37. The first-order valence-electron chi connectivity index (χ1n) is 8.37. The Bertz CT molecular complexity index is 918. The summed E-state index contributed by atoms with van der Waals surface area (Å²) in [5.41, 5.74) is 0.772. The SMILES string of the molecule is CCCP(=O)(O)NC(Cc1ccc(Cl)c(Cl)c1)C(=O)Nc1c[nH]c(C(=O)O)c1. The molecule has 0 bridgehead atoms. The van der Waals surface area contributed by atoms with E-state index in [0.29, 0.717) is 22.0 Å². The molecule has 0 saturated carbocycles. The van der Waals surface area contributed by atoms with Crippen LogP contribution in [-0.2, 0) is 15.8 Å². The number of aromatic amines is 1. The third kappa shape index (κ3) is 6.36. The third-order valence-corrected chi connectivity index (χ3v) is 6.31. The summed E-state index contributed by atoms with van der Waals surface area (Å²) in [5.74, 6) is -1.76. The Hall–Kier alpha value is -1.83. The van der Waals surface area contributed by atoms with Gasteiger partial charge >= 0.3 is 5.97 Å². The second kappa shape index (κ2) is 9.58. The highest BCUT2D eigenvalue weighted by molar-refractivity contribution is 7.55. The molecule has 5 N–H and O–H groups in total. The van der Waals surface area contributed by atoms with Crippen LogP contribution in [0.25, 0.3) is 0 Å². The molecule has 0 fully saturated rings. The maximum atomic E-state index is 12.7. The van der Waals surface area contributed by atoms with Crippen molar-refractivity contribution in [1.29, 1.82) is 0 Å². The Morgan fingerprint density at radius 2 is 1.96 bits per heavy atom. The van der Waals surface area contributed by atoms with Crippen molar-refractivity contribution in [3.8, 4) is 0 Å². The summed E-state index contributed by atoms with van der Waals surface area (Å²) in [6.07, 6.45) is 1.86. The molecular formula is C17H20Cl2N3O5P. The fourth-order valence-electron chi connectivity index (χ4n) is 2.53. The van der Waals surface area contributed by atoms with Crippen molar-refractivity contribution in [2.45, 2.75) is 25.8 Å². The number of hydrogen-bond donors (Lipinski definition) is 5. The Labute approximate surface area is 171 Å². The van der Waals surface area contributed by atoms with E-state index in [1.807, 2.05) is 0 Å². The normalized spacial score (nSPS) is 14.3. The van der Waals surface area contributed by atoms with Crippen LogP contribution < -0.4 is 10.4 Å². The summed E-state index contributed by atoms with van der Waals surface area (Å²) in [6, 6.07) is 5.01. The summed E-state index contributed by atoms with van der Waals surface area (Å²) in [5, 5.41) is 14.7. The lowest BCUT2D eigenvalue weighted by molar-refractivity contribution is -0.117. The van der Waals surface area contributed by atoms with Gasteiger partial charge in [0.15, 0.2) is 0 Å². The van der Waals surface area contributed by atoms with Gasteiger partial charge in [-0.05, 0) is 36.6 Å². The number of aromatic nitrogens is 1. The van der Waals surface area contributed by atoms with E-state index < -0.39 is 25.4 Å². The summed E-state index contributed by atoms with van der Waals surface area (Å²) in [4.78, 5) is 36.2. The van der Waals surface area contributed by atoms with Gasteiger partial charge in [0.2, 0.25) is 5.91 Å². The van der Waals surface area contributed by atoms with Crippen molar-refractivity contribution in [3.63, 3.8) is 0 Å². The lowest BCUT2D eigenvalue weighted by Gasteiger charge is -2.22. The van der Waals surface area contributed by atoms with Crippen LogP contribution in [-0.4, -0.2) is 39.1 Å². The van der Waals surface area contributed by atoms with Gasteiger partial charge in [0.1, 0.15) is 5.69 Å². The minimum Gasteiger partial charge on any atom is -0.477 e. The van der Waals surface area contributed by atoms with Crippen LogP contribution in [0.4, 0.5) is 5.69 Å². The van der Waals surface area contributed by atoms with Crippen molar-refractivity contribution in [1.82, 2.24) is 10.1 Å². The van der Waals surface area contributed by atoms with E-state index in [1.54, 1.807) is 25.1 Å². The molecule has 1 heterocycles. The molecule has 1 amide bonds. The average molecular weight is 448 g/mol. The molecule has 152 valence electrons. The molecule has 0 saturated heterocycles. The molecule has 1 aromatic heterocycles. The van der Waals surface area contributed by atoms with Crippen molar-refractivity contribution >= 4 is 48.3 Å². The molecular weight excluding hydrogens is 428 g/mol. The number of amides is 1. The van der Waals surface area contributed by atoms with Crippen molar-refractivity contribution in [3.05, 3.63) is 51.8 Å². The summed E-state index contributed by atoms with van der Waals surface area (Å²) in [7, 11) is -3.75. The van der Waals surface area contributed by atoms with Gasteiger partial charge in [-0.3, -0.25) is 9.36 Å². The number of anilines is 1. The standard InChI is InChI=1S/C17H20Cl2N3O5P/c1-2-5-28(26,27)22-14(7-10-3-4-12(18)13(19)6-10)16(23)21-11-8-15(17(24)25)20-9-11/h3-4,6,8-9,14,20H,2,5,7H2,1H3,(H,21,23)(H,24,25)(H2,22,26,27). The van der Waals surface area contributed by atoms with E-state index in [0.717, 1.165) is 0 Å². The minimum absolute atomic E-state index is 0.00543. The summed E-state index contributed by atoms with van der Waals surface area (Å²) >= 11 is 11.9.